The standard InChI is InChI=1S/C19H30O3/c1-8-13-9-14(12(2)17(21)22)10-15(16(13)20)19(6,7)11-18(3,4)5/h9-10,12,20H,8,11H2,1-7H3,(H,21,22). The van der Waals surface area contributed by atoms with E-state index in [1.54, 1.807) is 6.92 Å². The summed E-state index contributed by atoms with van der Waals surface area (Å²) in [5, 5.41) is 19.9. The summed E-state index contributed by atoms with van der Waals surface area (Å²) in [6, 6.07) is 3.70. The van der Waals surface area contributed by atoms with E-state index in [2.05, 4.69) is 34.6 Å². The molecule has 1 aromatic carbocycles. The van der Waals surface area contributed by atoms with E-state index >= 15 is 0 Å². The summed E-state index contributed by atoms with van der Waals surface area (Å²) in [7, 11) is 0. The van der Waals surface area contributed by atoms with E-state index in [-0.39, 0.29) is 10.8 Å². The quantitative estimate of drug-likeness (QED) is 0.817. The number of carboxylic acids is 1. The number of hydrogen-bond acceptors (Lipinski definition) is 2. The SMILES string of the molecule is CCc1cc(C(C)C(=O)O)cc(C(C)(C)CC(C)(C)C)c1O. The van der Waals surface area contributed by atoms with Crippen LogP contribution in [0, 0.1) is 5.41 Å². The van der Waals surface area contributed by atoms with E-state index in [1.165, 1.54) is 0 Å². The topological polar surface area (TPSA) is 57.5 Å². The van der Waals surface area contributed by atoms with Gasteiger partial charge in [-0.05, 0) is 41.7 Å². The van der Waals surface area contributed by atoms with Crippen LogP contribution in [-0.2, 0) is 16.6 Å². The highest BCUT2D eigenvalue weighted by Gasteiger charge is 2.31. The minimum Gasteiger partial charge on any atom is -0.507 e. The maximum absolute atomic E-state index is 11.3. The normalized spacial score (nSPS) is 14.0. The number of benzene rings is 1. The van der Waals surface area contributed by atoms with E-state index in [9.17, 15) is 15.0 Å². The lowest BCUT2D eigenvalue weighted by molar-refractivity contribution is -0.138. The van der Waals surface area contributed by atoms with Crippen molar-refractivity contribution in [1.29, 1.82) is 0 Å². The lowest BCUT2D eigenvalue weighted by Crippen LogP contribution is -2.25. The molecular weight excluding hydrogens is 276 g/mol. The zero-order chi connectivity index (χ0) is 17.3. The molecule has 0 aliphatic carbocycles. The molecule has 0 bridgehead atoms. The van der Waals surface area contributed by atoms with Crippen molar-refractivity contribution in [2.45, 2.75) is 72.6 Å². The molecule has 0 amide bonds. The molecule has 0 saturated heterocycles. The number of aryl methyl sites for hydroxylation is 1. The minimum atomic E-state index is -0.840. The third-order valence-corrected chi connectivity index (χ3v) is 4.16. The summed E-state index contributed by atoms with van der Waals surface area (Å²) in [5.74, 6) is -1.10. The number of aliphatic carboxylic acids is 1. The lowest BCUT2D eigenvalue weighted by atomic mass is 9.71. The van der Waals surface area contributed by atoms with Crippen molar-refractivity contribution >= 4 is 5.97 Å². The van der Waals surface area contributed by atoms with Crippen molar-refractivity contribution in [3.8, 4) is 5.75 Å². The zero-order valence-corrected chi connectivity index (χ0v) is 14.9. The van der Waals surface area contributed by atoms with Crippen LogP contribution in [0.1, 0.15) is 77.5 Å². The van der Waals surface area contributed by atoms with Gasteiger partial charge in [0.25, 0.3) is 0 Å². The highest BCUT2D eigenvalue weighted by molar-refractivity contribution is 5.76. The maximum atomic E-state index is 11.3. The molecule has 3 nitrogen and oxygen atoms in total. The number of phenolic OH excluding ortho intramolecular Hbond substituents is 1. The largest absolute Gasteiger partial charge is 0.507 e. The molecule has 3 heteroatoms. The van der Waals surface area contributed by atoms with E-state index in [1.807, 2.05) is 19.1 Å². The number of phenols is 1. The first-order valence-corrected chi connectivity index (χ1v) is 7.98. The van der Waals surface area contributed by atoms with Gasteiger partial charge >= 0.3 is 5.97 Å². The molecule has 1 rings (SSSR count). The van der Waals surface area contributed by atoms with Crippen molar-refractivity contribution in [2.24, 2.45) is 5.41 Å². The monoisotopic (exact) mass is 306 g/mol. The van der Waals surface area contributed by atoms with E-state index < -0.39 is 11.9 Å². The Morgan fingerprint density at radius 1 is 1.18 bits per heavy atom. The molecule has 1 atom stereocenters. The molecule has 0 aliphatic rings. The molecule has 0 aromatic heterocycles. The molecule has 0 radical (unpaired) electrons. The summed E-state index contributed by atoms with van der Waals surface area (Å²) in [5.41, 5.74) is 2.34. The number of carbonyl (C=O) groups is 1. The smallest absolute Gasteiger partial charge is 0.310 e. The molecule has 124 valence electrons. The molecule has 1 aromatic rings. The summed E-state index contributed by atoms with van der Waals surface area (Å²) in [4.78, 5) is 11.3. The molecule has 22 heavy (non-hydrogen) atoms. The Balaban J connectivity index is 3.46. The fourth-order valence-electron chi connectivity index (χ4n) is 3.32. The van der Waals surface area contributed by atoms with Gasteiger partial charge in [-0.1, -0.05) is 53.7 Å². The second-order valence-electron chi connectivity index (χ2n) is 8.11. The van der Waals surface area contributed by atoms with E-state index in [0.29, 0.717) is 12.2 Å². The predicted octanol–water partition coefficient (Wildman–Crippen LogP) is 4.86. The average molecular weight is 306 g/mol. The van der Waals surface area contributed by atoms with Crippen LogP contribution in [0.4, 0.5) is 0 Å². The predicted molar refractivity (Wildman–Crippen MR) is 90.6 cm³/mol. The summed E-state index contributed by atoms with van der Waals surface area (Å²) < 4.78 is 0. The molecular formula is C19H30O3. The second kappa shape index (κ2) is 6.31. The molecule has 0 saturated carbocycles. The zero-order valence-electron chi connectivity index (χ0n) is 14.9. The highest BCUT2D eigenvalue weighted by Crippen LogP contribution is 2.42. The van der Waals surface area contributed by atoms with Crippen LogP contribution in [0.25, 0.3) is 0 Å². The number of carboxylic acid groups (broad SMARTS) is 1. The van der Waals surface area contributed by atoms with Gasteiger partial charge in [0.05, 0.1) is 5.92 Å². The van der Waals surface area contributed by atoms with Gasteiger partial charge in [-0.2, -0.15) is 0 Å². The summed E-state index contributed by atoms with van der Waals surface area (Å²) >= 11 is 0. The van der Waals surface area contributed by atoms with Gasteiger partial charge in [-0.15, -0.1) is 0 Å². The van der Waals surface area contributed by atoms with Crippen LogP contribution >= 0.6 is 0 Å². The first kappa shape index (κ1) is 18.5. The van der Waals surface area contributed by atoms with Gasteiger partial charge in [-0.25, -0.2) is 0 Å². The Morgan fingerprint density at radius 2 is 1.73 bits per heavy atom. The van der Waals surface area contributed by atoms with Crippen molar-refractivity contribution in [1.82, 2.24) is 0 Å². The third-order valence-electron chi connectivity index (χ3n) is 4.16. The summed E-state index contributed by atoms with van der Waals surface area (Å²) in [6.45, 7) is 14.4. The average Bonchev–Trinajstić information content (AvgIpc) is 2.34. The van der Waals surface area contributed by atoms with E-state index in [4.69, 9.17) is 0 Å². The van der Waals surface area contributed by atoms with Gasteiger partial charge in [0.1, 0.15) is 5.75 Å². The Morgan fingerprint density at radius 3 is 2.14 bits per heavy atom. The van der Waals surface area contributed by atoms with Crippen LogP contribution < -0.4 is 0 Å². The Hall–Kier alpha value is -1.51. The second-order valence-corrected chi connectivity index (χ2v) is 8.11. The Kier molecular flexibility index (Phi) is 5.32. The van der Waals surface area contributed by atoms with E-state index in [0.717, 1.165) is 23.1 Å². The van der Waals surface area contributed by atoms with Crippen molar-refractivity contribution in [2.75, 3.05) is 0 Å². The third kappa shape index (κ3) is 4.25. The van der Waals surface area contributed by atoms with Crippen molar-refractivity contribution in [3.05, 3.63) is 28.8 Å². The first-order valence-electron chi connectivity index (χ1n) is 7.98. The van der Waals surface area contributed by atoms with Crippen LogP contribution in [0.2, 0.25) is 0 Å². The Bertz CT molecular complexity index is 551. The van der Waals surface area contributed by atoms with Gasteiger partial charge in [-0.3, -0.25) is 4.79 Å². The van der Waals surface area contributed by atoms with Gasteiger partial charge in [0, 0.05) is 5.56 Å². The van der Waals surface area contributed by atoms with Gasteiger partial charge < -0.3 is 10.2 Å². The van der Waals surface area contributed by atoms with Crippen LogP contribution in [0.3, 0.4) is 0 Å². The minimum absolute atomic E-state index is 0.122. The van der Waals surface area contributed by atoms with Gasteiger partial charge in [0.15, 0.2) is 0 Å². The summed E-state index contributed by atoms with van der Waals surface area (Å²) in [6.07, 6.45) is 1.59. The molecule has 0 fully saturated rings. The molecule has 2 N–H and O–H groups in total. The van der Waals surface area contributed by atoms with Crippen molar-refractivity contribution in [3.63, 3.8) is 0 Å². The fraction of sp³-hybridized carbons (Fsp3) is 0.632. The molecule has 0 heterocycles. The maximum Gasteiger partial charge on any atom is 0.310 e. The first-order chi connectivity index (χ1) is 9.89. The fourth-order valence-corrected chi connectivity index (χ4v) is 3.32. The van der Waals surface area contributed by atoms with Crippen molar-refractivity contribution < 1.29 is 15.0 Å². The Labute approximate surface area is 134 Å². The molecule has 1 unspecified atom stereocenters. The highest BCUT2D eigenvalue weighted by atomic mass is 16.4. The van der Waals surface area contributed by atoms with Crippen LogP contribution in [0.15, 0.2) is 12.1 Å². The van der Waals surface area contributed by atoms with Crippen LogP contribution in [0.5, 0.6) is 5.75 Å². The molecule has 0 aliphatic heterocycles. The number of hydrogen-bond donors (Lipinski definition) is 2. The van der Waals surface area contributed by atoms with Gasteiger partial charge in [0.2, 0.25) is 0 Å². The number of rotatable bonds is 5. The number of aromatic hydroxyl groups is 1. The van der Waals surface area contributed by atoms with Crippen LogP contribution in [-0.4, -0.2) is 16.2 Å². The molecule has 0 spiro atoms. The lowest BCUT2D eigenvalue weighted by Gasteiger charge is -2.34.